The van der Waals surface area contributed by atoms with Crippen LogP contribution >= 0.6 is 0 Å². The lowest BCUT2D eigenvalue weighted by atomic mass is 10.2. The van der Waals surface area contributed by atoms with Crippen molar-refractivity contribution in [3.05, 3.63) is 41.0 Å². The average molecular weight is 395 g/mol. The Hall–Kier alpha value is -2.88. The average Bonchev–Trinajstić information content (AvgIpc) is 2.90. The second kappa shape index (κ2) is 8.01. The number of amides is 2. The summed E-state index contributed by atoms with van der Waals surface area (Å²) in [4.78, 5) is 30.3. The Morgan fingerprint density at radius 3 is 2.50 bits per heavy atom. The van der Waals surface area contributed by atoms with Gasteiger partial charge in [0.15, 0.2) is 23.1 Å². The molecule has 1 aromatic heterocycles. The molecule has 0 saturated heterocycles. The zero-order valence-corrected chi connectivity index (χ0v) is 15.5. The number of halogens is 3. The molecule has 3 rings (SSSR count). The van der Waals surface area contributed by atoms with E-state index in [1.54, 1.807) is 4.57 Å². The molecule has 2 N–H and O–H groups in total. The molecular weight excluding hydrogens is 375 g/mol. The number of carbonyl (C=O) groups is 2. The van der Waals surface area contributed by atoms with E-state index in [0.29, 0.717) is 18.8 Å². The van der Waals surface area contributed by atoms with E-state index in [-0.39, 0.29) is 29.5 Å². The van der Waals surface area contributed by atoms with Crippen LogP contribution in [0.3, 0.4) is 0 Å². The second-order valence-corrected chi connectivity index (χ2v) is 6.58. The maximum Gasteiger partial charge on any atom is 0.272 e. The van der Waals surface area contributed by atoms with Crippen LogP contribution in [0.25, 0.3) is 11.4 Å². The van der Waals surface area contributed by atoms with Crippen molar-refractivity contribution in [2.24, 2.45) is 0 Å². The number of carbonyl (C=O) groups excluding carboxylic acids is 2. The topological polar surface area (TPSA) is 79.3 Å². The molecule has 2 amide bonds. The standard InChI is InChI=1S/C18H20F3N5O2/c1-22-14(27)8-23-18(28)16-13-9-25(2)4-3-5-26(13)17(24-16)10-6-11(19)15(21)12(20)7-10/h6-7H,3-5,8-9H2,1-2H3,(H,22,27)(H,23,28). The van der Waals surface area contributed by atoms with Gasteiger partial charge in [0.25, 0.3) is 5.91 Å². The van der Waals surface area contributed by atoms with Gasteiger partial charge in [-0.2, -0.15) is 0 Å². The van der Waals surface area contributed by atoms with Crippen molar-refractivity contribution < 1.29 is 22.8 Å². The summed E-state index contributed by atoms with van der Waals surface area (Å²) < 4.78 is 42.5. The molecule has 0 saturated carbocycles. The number of fused-ring (bicyclic) bond motifs is 1. The van der Waals surface area contributed by atoms with Gasteiger partial charge in [-0.3, -0.25) is 9.59 Å². The van der Waals surface area contributed by atoms with Crippen LogP contribution in [0.1, 0.15) is 22.6 Å². The molecule has 2 heterocycles. The molecule has 0 radical (unpaired) electrons. The number of imidazole rings is 1. The maximum absolute atomic E-state index is 13.7. The van der Waals surface area contributed by atoms with Crippen LogP contribution in [-0.4, -0.2) is 53.5 Å². The third-order valence-corrected chi connectivity index (χ3v) is 4.56. The summed E-state index contributed by atoms with van der Waals surface area (Å²) in [7, 11) is 3.33. The summed E-state index contributed by atoms with van der Waals surface area (Å²) in [5.74, 6) is -4.99. The lowest BCUT2D eigenvalue weighted by molar-refractivity contribution is -0.119. The smallest absolute Gasteiger partial charge is 0.272 e. The van der Waals surface area contributed by atoms with Gasteiger partial charge in [-0.15, -0.1) is 0 Å². The zero-order chi connectivity index (χ0) is 20.4. The molecule has 1 aromatic carbocycles. The SMILES string of the molecule is CNC(=O)CNC(=O)c1nc(-c2cc(F)c(F)c(F)c2)n2c1CN(C)CCC2. The van der Waals surface area contributed by atoms with E-state index in [0.717, 1.165) is 25.1 Å². The normalized spacial score (nSPS) is 14.3. The molecule has 0 spiro atoms. The van der Waals surface area contributed by atoms with Crippen molar-refractivity contribution in [3.8, 4) is 11.4 Å². The van der Waals surface area contributed by atoms with E-state index in [2.05, 4.69) is 15.6 Å². The van der Waals surface area contributed by atoms with Gasteiger partial charge in [0.05, 0.1) is 12.2 Å². The Labute approximate surface area is 159 Å². The second-order valence-electron chi connectivity index (χ2n) is 6.58. The first-order valence-electron chi connectivity index (χ1n) is 8.73. The summed E-state index contributed by atoms with van der Waals surface area (Å²) >= 11 is 0. The zero-order valence-electron chi connectivity index (χ0n) is 15.5. The molecule has 150 valence electrons. The summed E-state index contributed by atoms with van der Waals surface area (Å²) in [5, 5.41) is 4.87. The Balaban J connectivity index is 2.07. The van der Waals surface area contributed by atoms with Gasteiger partial charge in [-0.05, 0) is 32.1 Å². The van der Waals surface area contributed by atoms with Gasteiger partial charge in [-0.25, -0.2) is 18.2 Å². The van der Waals surface area contributed by atoms with Gasteiger partial charge in [0.1, 0.15) is 5.82 Å². The Morgan fingerprint density at radius 2 is 1.86 bits per heavy atom. The molecule has 0 bridgehead atoms. The van der Waals surface area contributed by atoms with Gasteiger partial charge in [-0.1, -0.05) is 0 Å². The van der Waals surface area contributed by atoms with E-state index in [1.165, 1.54) is 7.05 Å². The van der Waals surface area contributed by atoms with Gasteiger partial charge in [0, 0.05) is 25.7 Å². The number of hydrogen-bond acceptors (Lipinski definition) is 4. The lowest BCUT2D eigenvalue weighted by Gasteiger charge is -2.13. The highest BCUT2D eigenvalue weighted by atomic mass is 19.2. The number of nitrogens with zero attached hydrogens (tertiary/aromatic N) is 3. The molecule has 0 fully saturated rings. The summed E-state index contributed by atoms with van der Waals surface area (Å²) in [5.41, 5.74) is 0.667. The minimum atomic E-state index is -1.56. The number of likely N-dealkylation sites (N-methyl/N-ethyl adjacent to an activating group) is 1. The molecular formula is C18H20F3N5O2. The minimum absolute atomic E-state index is 0.0348. The molecule has 28 heavy (non-hydrogen) atoms. The molecule has 10 heteroatoms. The van der Waals surface area contributed by atoms with Crippen LogP contribution in [0, 0.1) is 17.5 Å². The van der Waals surface area contributed by atoms with Gasteiger partial charge in [0.2, 0.25) is 5.91 Å². The lowest BCUT2D eigenvalue weighted by Crippen LogP contribution is -2.36. The Bertz CT molecular complexity index is 905. The third kappa shape index (κ3) is 3.86. The highest BCUT2D eigenvalue weighted by Crippen LogP contribution is 2.28. The molecule has 0 atom stereocenters. The van der Waals surface area contributed by atoms with Gasteiger partial charge < -0.3 is 20.1 Å². The fraction of sp³-hybridized carbons (Fsp3) is 0.389. The van der Waals surface area contributed by atoms with Crippen LogP contribution in [0.2, 0.25) is 0 Å². The van der Waals surface area contributed by atoms with Crippen LogP contribution in [-0.2, 0) is 17.9 Å². The molecule has 1 aliphatic heterocycles. The number of hydrogen-bond donors (Lipinski definition) is 2. The first-order valence-corrected chi connectivity index (χ1v) is 8.73. The quantitative estimate of drug-likeness (QED) is 0.765. The van der Waals surface area contributed by atoms with E-state index in [1.807, 2.05) is 11.9 Å². The van der Waals surface area contributed by atoms with E-state index >= 15 is 0 Å². The van der Waals surface area contributed by atoms with Crippen LogP contribution in [0.4, 0.5) is 13.2 Å². The van der Waals surface area contributed by atoms with E-state index in [4.69, 9.17) is 0 Å². The third-order valence-electron chi connectivity index (χ3n) is 4.56. The van der Waals surface area contributed by atoms with E-state index in [9.17, 15) is 22.8 Å². The monoisotopic (exact) mass is 395 g/mol. The summed E-state index contributed by atoms with van der Waals surface area (Å²) in [6.07, 6.45) is 0.734. The largest absolute Gasteiger partial charge is 0.358 e. The minimum Gasteiger partial charge on any atom is -0.358 e. The number of nitrogens with one attached hydrogen (secondary N) is 2. The highest BCUT2D eigenvalue weighted by Gasteiger charge is 2.27. The van der Waals surface area contributed by atoms with Crippen molar-refractivity contribution >= 4 is 11.8 Å². The number of rotatable bonds is 4. The predicted octanol–water partition coefficient (Wildman–Crippen LogP) is 1.28. The van der Waals surface area contributed by atoms with Crippen molar-refractivity contribution in [2.75, 3.05) is 27.2 Å². The summed E-state index contributed by atoms with van der Waals surface area (Å²) in [6, 6.07) is 1.71. The van der Waals surface area contributed by atoms with Crippen LogP contribution < -0.4 is 10.6 Å². The van der Waals surface area contributed by atoms with Crippen LogP contribution in [0.5, 0.6) is 0 Å². The number of benzene rings is 1. The van der Waals surface area contributed by atoms with Crippen molar-refractivity contribution in [2.45, 2.75) is 19.5 Å². The van der Waals surface area contributed by atoms with Crippen molar-refractivity contribution in [3.63, 3.8) is 0 Å². The van der Waals surface area contributed by atoms with Crippen molar-refractivity contribution in [1.82, 2.24) is 25.1 Å². The molecule has 0 aliphatic carbocycles. The Morgan fingerprint density at radius 1 is 1.18 bits per heavy atom. The number of aromatic nitrogens is 2. The van der Waals surface area contributed by atoms with Crippen LogP contribution in [0.15, 0.2) is 12.1 Å². The molecule has 7 nitrogen and oxygen atoms in total. The maximum atomic E-state index is 13.7. The molecule has 0 unspecified atom stereocenters. The van der Waals surface area contributed by atoms with Gasteiger partial charge >= 0.3 is 0 Å². The Kier molecular flexibility index (Phi) is 5.68. The first-order chi connectivity index (χ1) is 13.3. The first kappa shape index (κ1) is 19.9. The fourth-order valence-electron chi connectivity index (χ4n) is 3.14. The summed E-state index contributed by atoms with van der Waals surface area (Å²) in [6.45, 7) is 1.40. The highest BCUT2D eigenvalue weighted by molar-refractivity contribution is 5.96. The molecule has 1 aliphatic rings. The fourth-order valence-corrected chi connectivity index (χ4v) is 3.14. The molecule has 2 aromatic rings. The predicted molar refractivity (Wildman–Crippen MR) is 94.9 cm³/mol. The van der Waals surface area contributed by atoms with Crippen molar-refractivity contribution in [1.29, 1.82) is 0 Å². The van der Waals surface area contributed by atoms with E-state index < -0.39 is 23.4 Å².